The van der Waals surface area contributed by atoms with Gasteiger partial charge >= 0.3 is 0 Å². The van der Waals surface area contributed by atoms with Gasteiger partial charge in [-0.25, -0.2) is 4.99 Å². The molecule has 1 heteroatoms. The largest absolute Gasteiger partial charge is 0.227 e. The van der Waals surface area contributed by atoms with Crippen LogP contribution in [0.2, 0.25) is 0 Å². The molecule has 0 saturated heterocycles. The molecule has 0 rings (SSSR count). The van der Waals surface area contributed by atoms with Crippen molar-refractivity contribution in [3.05, 3.63) is 65.1 Å². The highest BCUT2D eigenvalue weighted by Gasteiger charge is 1.94. The van der Waals surface area contributed by atoms with Crippen LogP contribution < -0.4 is 0 Å². The molecule has 0 aliphatic rings. The fourth-order valence-electron chi connectivity index (χ4n) is 1.60. The summed E-state index contributed by atoms with van der Waals surface area (Å²) in [6.07, 6.45) is 18.0. The first-order valence-corrected chi connectivity index (χ1v) is 7.86. The van der Waals surface area contributed by atoms with Gasteiger partial charge in [-0.05, 0) is 82.2 Å². The number of terminal acetylenes is 1. The Kier molecular flexibility index (Phi) is 11.8. The number of hydrogen-bond donors (Lipinski definition) is 0. The Balaban J connectivity index is 4.67. The molecule has 0 radical (unpaired) electrons. The third-order valence-corrected chi connectivity index (χ3v) is 2.86. The van der Waals surface area contributed by atoms with Crippen LogP contribution in [0.4, 0.5) is 0 Å². The maximum atomic E-state index is 5.26. The highest BCUT2D eigenvalue weighted by molar-refractivity contribution is 5.57. The minimum Gasteiger partial charge on any atom is -0.227 e. The second-order valence-corrected chi connectivity index (χ2v) is 5.33. The van der Waals surface area contributed by atoms with Gasteiger partial charge in [0.25, 0.3) is 0 Å². The van der Waals surface area contributed by atoms with Gasteiger partial charge in [0.1, 0.15) is 6.04 Å². The van der Waals surface area contributed by atoms with E-state index in [1.807, 2.05) is 52.0 Å². The summed E-state index contributed by atoms with van der Waals surface area (Å²) < 4.78 is 0. The highest BCUT2D eigenvalue weighted by atomic mass is 14.7. The smallest absolute Gasteiger partial charge is 0.117 e. The minimum atomic E-state index is -0.128. The average Bonchev–Trinajstić information content (AvgIpc) is 2.51. The molecule has 0 aromatic heterocycles. The SMILES string of the molecule is C#CC(C)N=C=C/C(C)=C\CC(=C=CC)CCC=C=CC(=C)C. The van der Waals surface area contributed by atoms with E-state index in [2.05, 4.69) is 40.9 Å². The van der Waals surface area contributed by atoms with E-state index in [9.17, 15) is 0 Å². The third-order valence-electron chi connectivity index (χ3n) is 2.86. The summed E-state index contributed by atoms with van der Waals surface area (Å²) in [5.41, 5.74) is 9.83. The van der Waals surface area contributed by atoms with Gasteiger partial charge in [-0.1, -0.05) is 24.1 Å². The molecule has 0 aromatic carbocycles. The van der Waals surface area contributed by atoms with Gasteiger partial charge in [0.2, 0.25) is 0 Å². The molecule has 0 saturated carbocycles. The number of aliphatic imine (C=N–C) groups is 1. The summed E-state index contributed by atoms with van der Waals surface area (Å²) in [6.45, 7) is 11.7. The fourth-order valence-corrected chi connectivity index (χ4v) is 1.60. The molecule has 1 unspecified atom stereocenters. The Morgan fingerprint density at radius 1 is 1.30 bits per heavy atom. The zero-order valence-electron chi connectivity index (χ0n) is 14.8. The van der Waals surface area contributed by atoms with Crippen molar-refractivity contribution in [1.82, 2.24) is 0 Å². The molecule has 0 N–H and O–H groups in total. The van der Waals surface area contributed by atoms with E-state index in [4.69, 9.17) is 6.42 Å². The van der Waals surface area contributed by atoms with Crippen LogP contribution in [0, 0.1) is 12.3 Å². The number of hydrogen-bond acceptors (Lipinski definition) is 1. The fraction of sp³-hybridized carbons (Fsp3) is 0.364. The Morgan fingerprint density at radius 3 is 2.65 bits per heavy atom. The zero-order valence-corrected chi connectivity index (χ0v) is 14.8. The van der Waals surface area contributed by atoms with Gasteiger partial charge < -0.3 is 0 Å². The number of allylic oxidation sites excluding steroid dienone is 6. The molecule has 0 heterocycles. The molecule has 0 fully saturated rings. The van der Waals surface area contributed by atoms with Crippen LogP contribution in [0.15, 0.2) is 70.1 Å². The number of rotatable bonds is 8. The first-order valence-electron chi connectivity index (χ1n) is 7.86. The monoisotopic (exact) mass is 305 g/mol. The predicted octanol–water partition coefficient (Wildman–Crippen LogP) is 5.74. The Morgan fingerprint density at radius 2 is 2.04 bits per heavy atom. The Bertz CT molecular complexity index is 643. The lowest BCUT2D eigenvalue weighted by Gasteiger charge is -1.99. The summed E-state index contributed by atoms with van der Waals surface area (Å²) in [5.74, 6) is 5.43. The van der Waals surface area contributed by atoms with E-state index in [-0.39, 0.29) is 6.04 Å². The van der Waals surface area contributed by atoms with Crippen molar-refractivity contribution in [2.45, 2.75) is 53.0 Å². The molecule has 1 atom stereocenters. The average molecular weight is 305 g/mol. The van der Waals surface area contributed by atoms with Crippen molar-refractivity contribution in [3.63, 3.8) is 0 Å². The quantitative estimate of drug-likeness (QED) is 0.235. The summed E-state index contributed by atoms with van der Waals surface area (Å²) in [5, 5.41) is 0. The van der Waals surface area contributed by atoms with Gasteiger partial charge in [0.15, 0.2) is 0 Å². The second-order valence-electron chi connectivity index (χ2n) is 5.33. The summed E-state index contributed by atoms with van der Waals surface area (Å²) >= 11 is 0. The lowest BCUT2D eigenvalue weighted by atomic mass is 10.1. The molecule has 0 spiro atoms. The van der Waals surface area contributed by atoms with Crippen LogP contribution in [0.5, 0.6) is 0 Å². The number of nitrogens with zero attached hydrogens (tertiary/aromatic N) is 1. The Labute approximate surface area is 141 Å². The van der Waals surface area contributed by atoms with Gasteiger partial charge in [0.05, 0.1) is 0 Å². The van der Waals surface area contributed by atoms with Crippen molar-refractivity contribution >= 4 is 5.87 Å². The van der Waals surface area contributed by atoms with E-state index in [1.54, 1.807) is 0 Å². The van der Waals surface area contributed by atoms with E-state index in [0.717, 1.165) is 30.4 Å². The van der Waals surface area contributed by atoms with E-state index >= 15 is 0 Å². The molecule has 0 amide bonds. The van der Waals surface area contributed by atoms with Crippen LogP contribution in [-0.2, 0) is 0 Å². The maximum absolute atomic E-state index is 5.26. The zero-order chi connectivity index (χ0) is 17.5. The lowest BCUT2D eigenvalue weighted by Crippen LogP contribution is -1.89. The van der Waals surface area contributed by atoms with Crippen molar-refractivity contribution in [2.24, 2.45) is 4.99 Å². The second kappa shape index (κ2) is 13.2. The summed E-state index contributed by atoms with van der Waals surface area (Å²) in [4.78, 5) is 4.10. The van der Waals surface area contributed by atoms with Crippen LogP contribution in [0.1, 0.15) is 47.0 Å². The van der Waals surface area contributed by atoms with Gasteiger partial charge in [-0.2, -0.15) is 0 Å². The summed E-state index contributed by atoms with van der Waals surface area (Å²) in [6, 6.07) is -0.128. The molecular weight excluding hydrogens is 278 g/mol. The van der Waals surface area contributed by atoms with Crippen LogP contribution in [0.3, 0.4) is 0 Å². The normalized spacial score (nSPS) is 10.8. The molecule has 0 aliphatic heterocycles. The molecule has 0 aliphatic carbocycles. The minimum absolute atomic E-state index is 0.128. The van der Waals surface area contributed by atoms with Crippen LogP contribution in [0.25, 0.3) is 0 Å². The van der Waals surface area contributed by atoms with Gasteiger partial charge in [-0.15, -0.1) is 17.9 Å². The predicted molar refractivity (Wildman–Crippen MR) is 103 cm³/mol. The third kappa shape index (κ3) is 12.9. The van der Waals surface area contributed by atoms with Crippen molar-refractivity contribution < 1.29 is 0 Å². The molecule has 120 valence electrons. The van der Waals surface area contributed by atoms with Crippen molar-refractivity contribution in [1.29, 1.82) is 0 Å². The topological polar surface area (TPSA) is 12.4 Å². The van der Waals surface area contributed by atoms with Crippen molar-refractivity contribution in [2.75, 3.05) is 0 Å². The van der Waals surface area contributed by atoms with Crippen LogP contribution >= 0.6 is 0 Å². The van der Waals surface area contributed by atoms with Gasteiger partial charge in [0, 0.05) is 6.08 Å². The first-order chi connectivity index (χ1) is 11.0. The molecule has 23 heavy (non-hydrogen) atoms. The van der Waals surface area contributed by atoms with Gasteiger partial charge in [-0.3, -0.25) is 0 Å². The Hall–Kier alpha value is -2.47. The van der Waals surface area contributed by atoms with E-state index < -0.39 is 0 Å². The van der Waals surface area contributed by atoms with E-state index in [0.29, 0.717) is 0 Å². The maximum Gasteiger partial charge on any atom is 0.117 e. The highest BCUT2D eigenvalue weighted by Crippen LogP contribution is 2.11. The lowest BCUT2D eigenvalue weighted by molar-refractivity contribution is 0.941. The molecule has 1 nitrogen and oxygen atoms in total. The molecule has 0 bridgehead atoms. The van der Waals surface area contributed by atoms with Crippen molar-refractivity contribution in [3.8, 4) is 12.3 Å². The standard InChI is InChI=1S/C22H27N/c1-7-12-22(14-11-9-10-13-19(3)4)16-15-20(5)17-18-23-21(6)8-2/h2,7,9,13,15,17,21H,3,11,14,16H2,1,4-6H3/b20-15-. The first kappa shape index (κ1) is 20.5. The summed E-state index contributed by atoms with van der Waals surface area (Å²) in [7, 11) is 0. The van der Waals surface area contributed by atoms with E-state index in [1.165, 1.54) is 5.57 Å². The molecule has 0 aromatic rings. The van der Waals surface area contributed by atoms with Crippen LogP contribution in [-0.4, -0.2) is 11.9 Å². The molecular formula is C22H27N.